The Kier molecular flexibility index (Phi) is 3.49. The Labute approximate surface area is 102 Å². The third-order valence-corrected chi connectivity index (χ3v) is 3.91. The predicted molar refractivity (Wildman–Crippen MR) is 64.6 cm³/mol. The number of halogens is 1. The normalized spacial score (nSPS) is 16.1. The summed E-state index contributed by atoms with van der Waals surface area (Å²) in [5, 5.41) is 0.498. The molecule has 1 aliphatic rings. The van der Waals surface area contributed by atoms with Crippen molar-refractivity contribution >= 4 is 33.5 Å². The van der Waals surface area contributed by atoms with E-state index in [4.69, 9.17) is 4.74 Å². The van der Waals surface area contributed by atoms with Crippen LogP contribution in [0.1, 0.15) is 17.3 Å². The van der Waals surface area contributed by atoms with Gasteiger partial charge in [-0.05, 0) is 25.1 Å². The monoisotopic (exact) mass is 286 g/mol. The highest BCUT2D eigenvalue weighted by molar-refractivity contribution is 9.10. The molecule has 1 aromatic rings. The molecule has 0 bridgehead atoms. The van der Waals surface area contributed by atoms with Crippen LogP contribution in [0, 0.1) is 0 Å². The molecule has 2 rings (SSSR count). The fourth-order valence-corrected chi connectivity index (χ4v) is 3.08. The average Bonchev–Trinajstić information content (AvgIpc) is 2.11. The van der Waals surface area contributed by atoms with Crippen LogP contribution >= 0.6 is 27.7 Å². The quantitative estimate of drug-likeness (QED) is 0.799. The number of carbonyl (C=O) groups is 1. The van der Waals surface area contributed by atoms with Gasteiger partial charge < -0.3 is 4.74 Å². The van der Waals surface area contributed by atoms with E-state index in [2.05, 4.69) is 15.9 Å². The van der Waals surface area contributed by atoms with Crippen molar-refractivity contribution < 1.29 is 9.53 Å². The van der Waals surface area contributed by atoms with Crippen LogP contribution in [0.4, 0.5) is 0 Å². The first-order valence-corrected chi connectivity index (χ1v) is 6.39. The molecule has 1 saturated heterocycles. The molecule has 15 heavy (non-hydrogen) atoms. The molecule has 1 fully saturated rings. The van der Waals surface area contributed by atoms with E-state index in [-0.39, 0.29) is 5.78 Å². The van der Waals surface area contributed by atoms with Gasteiger partial charge in [0.2, 0.25) is 0 Å². The van der Waals surface area contributed by atoms with E-state index in [0.29, 0.717) is 5.25 Å². The summed E-state index contributed by atoms with van der Waals surface area (Å²) < 4.78 is 6.13. The van der Waals surface area contributed by atoms with Gasteiger partial charge in [0.15, 0.2) is 5.78 Å². The van der Waals surface area contributed by atoms with Gasteiger partial charge in [-0.1, -0.05) is 15.9 Å². The van der Waals surface area contributed by atoms with E-state index in [9.17, 15) is 4.79 Å². The Bertz CT molecular complexity index is 388. The summed E-state index contributed by atoms with van der Waals surface area (Å²) in [6.07, 6.45) is 0. The lowest BCUT2D eigenvalue weighted by atomic mass is 10.1. The largest absolute Gasteiger partial charge is 0.379 e. The van der Waals surface area contributed by atoms with Crippen LogP contribution in [-0.4, -0.2) is 24.2 Å². The zero-order valence-corrected chi connectivity index (χ0v) is 10.7. The number of Topliss-reactive ketones (excluding diaryl/α,β-unsaturated/α-hetero) is 1. The fourth-order valence-electron chi connectivity index (χ4n) is 1.35. The van der Waals surface area contributed by atoms with Gasteiger partial charge in [0.1, 0.15) is 0 Å². The summed E-state index contributed by atoms with van der Waals surface area (Å²) in [6.45, 7) is 3.17. The molecule has 0 amide bonds. The maximum atomic E-state index is 11.4. The molecular formula is C11H11BrO2S. The predicted octanol–water partition coefficient (Wildman–Crippen LogP) is 3.14. The molecule has 0 radical (unpaired) electrons. The standard InChI is InChI=1S/C11H11BrO2S/c1-7(13)10-3-2-8(12)4-11(10)15-9-5-14-6-9/h2-4,9H,5-6H2,1H3. The first-order valence-electron chi connectivity index (χ1n) is 4.71. The topological polar surface area (TPSA) is 26.3 Å². The number of thioether (sulfide) groups is 1. The molecule has 0 unspecified atom stereocenters. The maximum absolute atomic E-state index is 11.4. The Morgan fingerprint density at radius 2 is 2.27 bits per heavy atom. The minimum Gasteiger partial charge on any atom is -0.379 e. The number of hydrogen-bond acceptors (Lipinski definition) is 3. The van der Waals surface area contributed by atoms with Crippen LogP contribution in [0.2, 0.25) is 0 Å². The summed E-state index contributed by atoms with van der Waals surface area (Å²) >= 11 is 5.14. The second-order valence-electron chi connectivity index (χ2n) is 3.47. The molecule has 80 valence electrons. The van der Waals surface area contributed by atoms with Crippen LogP contribution in [0.3, 0.4) is 0 Å². The maximum Gasteiger partial charge on any atom is 0.160 e. The van der Waals surface area contributed by atoms with E-state index in [0.717, 1.165) is 28.1 Å². The van der Waals surface area contributed by atoms with Crippen LogP contribution in [0.25, 0.3) is 0 Å². The molecule has 2 nitrogen and oxygen atoms in total. The number of rotatable bonds is 3. The van der Waals surface area contributed by atoms with Crippen LogP contribution in [0.15, 0.2) is 27.6 Å². The molecule has 0 atom stereocenters. The van der Waals surface area contributed by atoms with E-state index < -0.39 is 0 Å². The van der Waals surface area contributed by atoms with Crippen molar-refractivity contribution in [3.05, 3.63) is 28.2 Å². The minimum atomic E-state index is 0.116. The Morgan fingerprint density at radius 1 is 1.53 bits per heavy atom. The first kappa shape index (κ1) is 11.2. The molecule has 0 N–H and O–H groups in total. The number of ether oxygens (including phenoxy) is 1. The molecule has 0 saturated carbocycles. The summed E-state index contributed by atoms with van der Waals surface area (Å²) in [4.78, 5) is 12.5. The van der Waals surface area contributed by atoms with Crippen molar-refractivity contribution in [3.8, 4) is 0 Å². The summed E-state index contributed by atoms with van der Waals surface area (Å²) in [5.74, 6) is 0.116. The summed E-state index contributed by atoms with van der Waals surface area (Å²) in [5.41, 5.74) is 0.801. The SMILES string of the molecule is CC(=O)c1ccc(Br)cc1SC1COC1. The van der Waals surface area contributed by atoms with Gasteiger partial charge in [-0.15, -0.1) is 11.8 Å². The molecule has 1 aliphatic heterocycles. The zero-order chi connectivity index (χ0) is 10.8. The second-order valence-corrected chi connectivity index (χ2v) is 5.73. The van der Waals surface area contributed by atoms with Gasteiger partial charge in [0.05, 0.1) is 18.5 Å². The van der Waals surface area contributed by atoms with Crippen molar-refractivity contribution in [2.45, 2.75) is 17.1 Å². The van der Waals surface area contributed by atoms with E-state index >= 15 is 0 Å². The Hall–Kier alpha value is -0.320. The Balaban J connectivity index is 2.24. The third kappa shape index (κ3) is 2.62. The lowest BCUT2D eigenvalue weighted by Crippen LogP contribution is -2.30. The third-order valence-electron chi connectivity index (χ3n) is 2.22. The van der Waals surface area contributed by atoms with E-state index in [1.165, 1.54) is 0 Å². The van der Waals surface area contributed by atoms with Gasteiger partial charge in [-0.2, -0.15) is 0 Å². The van der Waals surface area contributed by atoms with Crippen molar-refractivity contribution in [1.82, 2.24) is 0 Å². The van der Waals surface area contributed by atoms with Crippen LogP contribution < -0.4 is 0 Å². The van der Waals surface area contributed by atoms with Crippen LogP contribution in [0.5, 0.6) is 0 Å². The average molecular weight is 287 g/mol. The minimum absolute atomic E-state index is 0.116. The van der Waals surface area contributed by atoms with Crippen molar-refractivity contribution in [3.63, 3.8) is 0 Å². The molecule has 1 heterocycles. The Morgan fingerprint density at radius 3 is 2.80 bits per heavy atom. The lowest BCUT2D eigenvalue weighted by molar-refractivity contribution is 0.0455. The second kappa shape index (κ2) is 4.68. The molecule has 0 aromatic heterocycles. The van der Waals surface area contributed by atoms with Crippen molar-refractivity contribution in [1.29, 1.82) is 0 Å². The van der Waals surface area contributed by atoms with Crippen molar-refractivity contribution in [2.24, 2.45) is 0 Å². The van der Waals surface area contributed by atoms with Gasteiger partial charge >= 0.3 is 0 Å². The number of hydrogen-bond donors (Lipinski definition) is 0. The summed E-state index contributed by atoms with van der Waals surface area (Å²) in [6, 6.07) is 5.77. The highest BCUT2D eigenvalue weighted by Crippen LogP contribution is 2.32. The van der Waals surface area contributed by atoms with Gasteiger partial charge in [-0.25, -0.2) is 0 Å². The smallest absolute Gasteiger partial charge is 0.160 e. The fraction of sp³-hybridized carbons (Fsp3) is 0.364. The highest BCUT2D eigenvalue weighted by Gasteiger charge is 2.21. The van der Waals surface area contributed by atoms with Gasteiger partial charge in [0.25, 0.3) is 0 Å². The lowest BCUT2D eigenvalue weighted by Gasteiger charge is -2.25. The summed E-state index contributed by atoms with van der Waals surface area (Å²) in [7, 11) is 0. The molecule has 0 aliphatic carbocycles. The first-order chi connectivity index (χ1) is 7.16. The number of benzene rings is 1. The van der Waals surface area contributed by atoms with Gasteiger partial charge in [-0.3, -0.25) is 4.79 Å². The van der Waals surface area contributed by atoms with E-state index in [1.54, 1.807) is 18.7 Å². The number of carbonyl (C=O) groups excluding carboxylic acids is 1. The number of ketones is 1. The molecule has 4 heteroatoms. The van der Waals surface area contributed by atoms with Crippen LogP contribution in [-0.2, 0) is 4.74 Å². The molecular weight excluding hydrogens is 276 g/mol. The van der Waals surface area contributed by atoms with E-state index in [1.807, 2.05) is 18.2 Å². The highest BCUT2D eigenvalue weighted by atomic mass is 79.9. The molecule has 1 aromatic carbocycles. The van der Waals surface area contributed by atoms with Gasteiger partial charge in [0, 0.05) is 14.9 Å². The zero-order valence-electron chi connectivity index (χ0n) is 8.33. The van der Waals surface area contributed by atoms with Crippen molar-refractivity contribution in [2.75, 3.05) is 13.2 Å². The molecule has 0 spiro atoms.